The number of likely N-dealkylation sites (tertiary alicyclic amines) is 1. The molecular formula is C17H22N4O2S. The minimum Gasteiger partial charge on any atom is -0.497 e. The number of anilines is 2. The second-order valence-electron chi connectivity index (χ2n) is 6.38. The molecule has 1 fully saturated rings. The van der Waals surface area contributed by atoms with Gasteiger partial charge >= 0.3 is 0 Å². The van der Waals surface area contributed by atoms with Crippen LogP contribution in [0, 0.1) is 5.41 Å². The normalized spacial score (nSPS) is 20.2. The standard InChI is InChI=1S/C17H22N4O2S/c1-17(10-18)7-8-21(11-17)15(22)14-9-24-16(20-14)19-12-3-5-13(23-2)6-4-12/h3-6,9H,7-8,10-11,18H2,1-2H3,(H,19,20). The summed E-state index contributed by atoms with van der Waals surface area (Å²) < 4.78 is 5.14. The Hall–Kier alpha value is -2.12. The van der Waals surface area contributed by atoms with Crippen molar-refractivity contribution >= 4 is 28.1 Å². The third-order valence-corrected chi connectivity index (χ3v) is 5.16. The smallest absolute Gasteiger partial charge is 0.273 e. The monoisotopic (exact) mass is 346 g/mol. The number of hydrogen-bond donors (Lipinski definition) is 2. The number of ether oxygens (including phenoxy) is 1. The van der Waals surface area contributed by atoms with Crippen LogP contribution in [0.25, 0.3) is 0 Å². The molecule has 0 aliphatic carbocycles. The van der Waals surface area contributed by atoms with Gasteiger partial charge in [-0.2, -0.15) is 0 Å². The topological polar surface area (TPSA) is 80.5 Å². The highest BCUT2D eigenvalue weighted by atomic mass is 32.1. The van der Waals surface area contributed by atoms with Crippen molar-refractivity contribution in [2.75, 3.05) is 32.1 Å². The van der Waals surface area contributed by atoms with Gasteiger partial charge in [0.25, 0.3) is 5.91 Å². The van der Waals surface area contributed by atoms with E-state index in [-0.39, 0.29) is 11.3 Å². The maximum Gasteiger partial charge on any atom is 0.273 e. The van der Waals surface area contributed by atoms with Crippen LogP contribution in [0.5, 0.6) is 5.75 Å². The van der Waals surface area contributed by atoms with E-state index in [1.165, 1.54) is 11.3 Å². The van der Waals surface area contributed by atoms with Crippen LogP contribution in [0.15, 0.2) is 29.6 Å². The number of nitrogens with zero attached hydrogens (tertiary/aromatic N) is 2. The SMILES string of the molecule is COc1ccc(Nc2nc(C(=O)N3CCC(C)(CN)C3)cs2)cc1. The average molecular weight is 346 g/mol. The minimum atomic E-state index is -0.0220. The van der Waals surface area contributed by atoms with E-state index in [1.54, 1.807) is 12.5 Å². The first kappa shape index (κ1) is 16.7. The third-order valence-electron chi connectivity index (χ3n) is 4.40. The number of carbonyl (C=O) groups excluding carboxylic acids is 1. The van der Waals surface area contributed by atoms with E-state index in [4.69, 9.17) is 10.5 Å². The number of nitrogens with one attached hydrogen (secondary N) is 1. The highest BCUT2D eigenvalue weighted by Crippen LogP contribution is 2.30. The van der Waals surface area contributed by atoms with Gasteiger partial charge in [0.1, 0.15) is 11.4 Å². The van der Waals surface area contributed by atoms with E-state index in [0.29, 0.717) is 23.9 Å². The Kier molecular flexibility index (Phi) is 4.73. The summed E-state index contributed by atoms with van der Waals surface area (Å²) in [4.78, 5) is 18.9. The number of methoxy groups -OCH3 is 1. The van der Waals surface area contributed by atoms with Crippen LogP contribution in [-0.4, -0.2) is 42.5 Å². The zero-order valence-electron chi connectivity index (χ0n) is 13.9. The quantitative estimate of drug-likeness (QED) is 0.870. The number of rotatable bonds is 5. The van der Waals surface area contributed by atoms with E-state index >= 15 is 0 Å². The van der Waals surface area contributed by atoms with E-state index in [9.17, 15) is 4.79 Å². The number of hydrogen-bond acceptors (Lipinski definition) is 6. The zero-order chi connectivity index (χ0) is 17.2. The highest BCUT2D eigenvalue weighted by molar-refractivity contribution is 7.14. The summed E-state index contributed by atoms with van der Waals surface area (Å²) >= 11 is 1.42. The molecule has 1 atom stereocenters. The van der Waals surface area contributed by atoms with Gasteiger partial charge in [-0.25, -0.2) is 4.98 Å². The molecule has 2 aromatic rings. The van der Waals surface area contributed by atoms with E-state index in [1.807, 2.05) is 29.2 Å². The molecular weight excluding hydrogens is 324 g/mol. The van der Waals surface area contributed by atoms with Crippen molar-refractivity contribution in [2.45, 2.75) is 13.3 Å². The lowest BCUT2D eigenvalue weighted by atomic mass is 9.90. The Balaban J connectivity index is 1.65. The first-order valence-electron chi connectivity index (χ1n) is 7.89. The van der Waals surface area contributed by atoms with Crippen molar-refractivity contribution in [3.63, 3.8) is 0 Å². The van der Waals surface area contributed by atoms with Crippen molar-refractivity contribution < 1.29 is 9.53 Å². The molecule has 1 aliphatic rings. The maximum absolute atomic E-state index is 12.6. The second-order valence-corrected chi connectivity index (χ2v) is 7.24. The summed E-state index contributed by atoms with van der Waals surface area (Å²) in [6.45, 7) is 4.16. The Morgan fingerprint density at radius 3 is 2.83 bits per heavy atom. The van der Waals surface area contributed by atoms with Crippen LogP contribution >= 0.6 is 11.3 Å². The molecule has 0 saturated carbocycles. The van der Waals surface area contributed by atoms with Gasteiger partial charge < -0.3 is 20.7 Å². The molecule has 24 heavy (non-hydrogen) atoms. The summed E-state index contributed by atoms with van der Waals surface area (Å²) in [7, 11) is 1.63. The van der Waals surface area contributed by atoms with Crippen molar-refractivity contribution in [1.29, 1.82) is 0 Å². The summed E-state index contributed by atoms with van der Waals surface area (Å²) in [5.41, 5.74) is 7.22. The zero-order valence-corrected chi connectivity index (χ0v) is 14.7. The number of thiazole rings is 1. The lowest BCUT2D eigenvalue weighted by molar-refractivity contribution is 0.0772. The molecule has 0 radical (unpaired) electrons. The Morgan fingerprint density at radius 1 is 1.46 bits per heavy atom. The maximum atomic E-state index is 12.6. The summed E-state index contributed by atoms with van der Waals surface area (Å²) in [6, 6.07) is 7.57. The summed E-state index contributed by atoms with van der Waals surface area (Å²) in [6.07, 6.45) is 0.941. The van der Waals surface area contributed by atoms with Gasteiger partial charge in [-0.05, 0) is 42.6 Å². The lowest BCUT2D eigenvalue weighted by Crippen LogP contribution is -2.34. The molecule has 1 aromatic heterocycles. The molecule has 7 heteroatoms. The van der Waals surface area contributed by atoms with Gasteiger partial charge in [0.05, 0.1) is 7.11 Å². The fourth-order valence-corrected chi connectivity index (χ4v) is 3.46. The molecule has 1 saturated heterocycles. The molecule has 0 bridgehead atoms. The summed E-state index contributed by atoms with van der Waals surface area (Å²) in [5.74, 6) is 0.777. The van der Waals surface area contributed by atoms with Crippen LogP contribution in [0.1, 0.15) is 23.8 Å². The van der Waals surface area contributed by atoms with Crippen molar-refractivity contribution in [3.05, 3.63) is 35.3 Å². The third kappa shape index (κ3) is 3.52. The number of aromatic nitrogens is 1. The van der Waals surface area contributed by atoms with Crippen molar-refractivity contribution in [1.82, 2.24) is 9.88 Å². The molecule has 1 aromatic carbocycles. The first-order valence-corrected chi connectivity index (χ1v) is 8.77. The van der Waals surface area contributed by atoms with E-state index < -0.39 is 0 Å². The molecule has 1 amide bonds. The van der Waals surface area contributed by atoms with Crippen LogP contribution in [0.3, 0.4) is 0 Å². The first-order chi connectivity index (χ1) is 11.5. The van der Waals surface area contributed by atoms with Crippen LogP contribution < -0.4 is 15.8 Å². The van der Waals surface area contributed by atoms with Crippen molar-refractivity contribution in [2.24, 2.45) is 11.1 Å². The van der Waals surface area contributed by atoms with Gasteiger partial charge in [0.15, 0.2) is 5.13 Å². The van der Waals surface area contributed by atoms with Gasteiger partial charge in [0.2, 0.25) is 0 Å². The van der Waals surface area contributed by atoms with E-state index in [0.717, 1.165) is 24.4 Å². The second kappa shape index (κ2) is 6.78. The predicted octanol–water partition coefficient (Wildman–Crippen LogP) is 2.71. The van der Waals surface area contributed by atoms with Gasteiger partial charge in [0, 0.05) is 24.2 Å². The largest absolute Gasteiger partial charge is 0.497 e. The Bertz CT molecular complexity index is 716. The fourth-order valence-electron chi connectivity index (χ4n) is 2.75. The van der Waals surface area contributed by atoms with Crippen LogP contribution in [0.4, 0.5) is 10.8 Å². The Morgan fingerprint density at radius 2 is 2.21 bits per heavy atom. The number of benzene rings is 1. The molecule has 1 unspecified atom stereocenters. The molecule has 6 nitrogen and oxygen atoms in total. The van der Waals surface area contributed by atoms with Gasteiger partial charge in [-0.3, -0.25) is 4.79 Å². The van der Waals surface area contributed by atoms with Crippen molar-refractivity contribution in [3.8, 4) is 5.75 Å². The predicted molar refractivity (Wildman–Crippen MR) is 96.1 cm³/mol. The number of carbonyl (C=O) groups is 1. The number of nitrogens with two attached hydrogens (primary N) is 1. The Labute approximate surface area is 145 Å². The highest BCUT2D eigenvalue weighted by Gasteiger charge is 2.35. The van der Waals surface area contributed by atoms with Crippen LogP contribution in [-0.2, 0) is 0 Å². The molecule has 3 rings (SSSR count). The number of amides is 1. The minimum absolute atomic E-state index is 0.0220. The lowest BCUT2D eigenvalue weighted by Gasteiger charge is -2.22. The van der Waals surface area contributed by atoms with Gasteiger partial charge in [-0.1, -0.05) is 6.92 Å². The molecule has 0 spiro atoms. The molecule has 128 valence electrons. The summed E-state index contributed by atoms with van der Waals surface area (Å²) in [5, 5.41) is 5.71. The average Bonchev–Trinajstić information content (AvgIpc) is 3.22. The molecule has 3 N–H and O–H groups in total. The van der Waals surface area contributed by atoms with Gasteiger partial charge in [-0.15, -0.1) is 11.3 Å². The fraction of sp³-hybridized carbons (Fsp3) is 0.412. The molecule has 2 heterocycles. The van der Waals surface area contributed by atoms with Crippen LogP contribution in [0.2, 0.25) is 0 Å². The molecule has 1 aliphatic heterocycles. The van der Waals surface area contributed by atoms with E-state index in [2.05, 4.69) is 17.2 Å².